The van der Waals surface area contributed by atoms with Crippen LogP contribution in [0.1, 0.15) is 39.0 Å². The normalized spacial score (nSPS) is 22.8. The molecule has 1 amide bonds. The van der Waals surface area contributed by atoms with Gasteiger partial charge in [0.2, 0.25) is 5.91 Å². The minimum Gasteiger partial charge on any atom is -0.382 e. The SMILES string of the molecule is CCCNC1CCC(N(C)C(=O)COCCOC)CC1. The standard InChI is InChI=1S/C15H30N2O3/c1-4-9-16-13-5-7-14(8-6-13)17(2)15(18)12-20-11-10-19-3/h13-14,16H,4-12H2,1-3H3. The Morgan fingerprint density at radius 1 is 1.25 bits per heavy atom. The Hall–Kier alpha value is -0.650. The van der Waals surface area contributed by atoms with Crippen molar-refractivity contribution in [1.82, 2.24) is 10.2 Å². The van der Waals surface area contributed by atoms with Crippen molar-refractivity contribution < 1.29 is 14.3 Å². The zero-order chi connectivity index (χ0) is 14.8. The molecule has 5 nitrogen and oxygen atoms in total. The highest BCUT2D eigenvalue weighted by atomic mass is 16.5. The fourth-order valence-corrected chi connectivity index (χ4v) is 2.62. The minimum atomic E-state index is 0.0751. The predicted octanol–water partition coefficient (Wildman–Crippen LogP) is 1.42. The maximum absolute atomic E-state index is 12.0. The molecule has 0 aromatic carbocycles. The van der Waals surface area contributed by atoms with Crippen LogP contribution in [0.4, 0.5) is 0 Å². The van der Waals surface area contributed by atoms with Crippen LogP contribution in [0.2, 0.25) is 0 Å². The molecule has 0 saturated heterocycles. The average Bonchev–Trinajstić information content (AvgIpc) is 2.49. The Bertz CT molecular complexity index is 266. The number of carbonyl (C=O) groups excluding carboxylic acids is 1. The summed E-state index contributed by atoms with van der Waals surface area (Å²) < 4.78 is 10.2. The number of carbonyl (C=O) groups is 1. The smallest absolute Gasteiger partial charge is 0.248 e. The summed E-state index contributed by atoms with van der Waals surface area (Å²) in [6, 6.07) is 1.00. The number of nitrogens with zero attached hydrogens (tertiary/aromatic N) is 1. The van der Waals surface area contributed by atoms with E-state index in [1.54, 1.807) is 7.11 Å². The number of ether oxygens (including phenoxy) is 2. The van der Waals surface area contributed by atoms with Crippen LogP contribution in [0.5, 0.6) is 0 Å². The molecule has 0 heterocycles. The van der Waals surface area contributed by atoms with Gasteiger partial charge in [-0.3, -0.25) is 4.79 Å². The van der Waals surface area contributed by atoms with Gasteiger partial charge in [0, 0.05) is 26.2 Å². The summed E-state index contributed by atoms with van der Waals surface area (Å²) in [5.41, 5.74) is 0. The van der Waals surface area contributed by atoms with E-state index < -0.39 is 0 Å². The van der Waals surface area contributed by atoms with Crippen LogP contribution >= 0.6 is 0 Å². The molecule has 0 unspecified atom stereocenters. The Morgan fingerprint density at radius 3 is 2.55 bits per heavy atom. The molecule has 0 atom stereocenters. The zero-order valence-electron chi connectivity index (χ0n) is 13.2. The lowest BCUT2D eigenvalue weighted by Crippen LogP contribution is -2.44. The first-order valence-corrected chi connectivity index (χ1v) is 7.74. The van der Waals surface area contributed by atoms with Gasteiger partial charge >= 0.3 is 0 Å². The second-order valence-electron chi connectivity index (χ2n) is 5.51. The van der Waals surface area contributed by atoms with Crippen molar-refractivity contribution in [2.45, 2.75) is 51.1 Å². The van der Waals surface area contributed by atoms with E-state index in [1.807, 2.05) is 11.9 Å². The van der Waals surface area contributed by atoms with Crippen molar-refractivity contribution in [2.75, 3.05) is 40.5 Å². The van der Waals surface area contributed by atoms with Gasteiger partial charge in [-0.2, -0.15) is 0 Å². The molecular weight excluding hydrogens is 256 g/mol. The topological polar surface area (TPSA) is 50.8 Å². The van der Waals surface area contributed by atoms with Crippen molar-refractivity contribution in [1.29, 1.82) is 0 Å². The maximum Gasteiger partial charge on any atom is 0.248 e. The van der Waals surface area contributed by atoms with Gasteiger partial charge in [-0.15, -0.1) is 0 Å². The Balaban J connectivity index is 2.20. The molecule has 0 spiro atoms. The third kappa shape index (κ3) is 6.20. The van der Waals surface area contributed by atoms with E-state index in [0.717, 1.165) is 32.2 Å². The fraction of sp³-hybridized carbons (Fsp3) is 0.933. The van der Waals surface area contributed by atoms with E-state index in [0.29, 0.717) is 25.3 Å². The molecule has 0 aromatic heterocycles. The summed E-state index contributed by atoms with van der Waals surface area (Å²) in [5, 5.41) is 3.57. The number of amides is 1. The molecule has 5 heteroatoms. The Labute approximate surface area is 123 Å². The lowest BCUT2D eigenvalue weighted by atomic mass is 9.90. The summed E-state index contributed by atoms with van der Waals surface area (Å²) in [6.07, 6.45) is 5.67. The van der Waals surface area contributed by atoms with Crippen molar-refractivity contribution in [3.05, 3.63) is 0 Å². The first-order chi connectivity index (χ1) is 9.69. The summed E-state index contributed by atoms with van der Waals surface area (Å²) in [6.45, 7) is 4.45. The molecule has 1 rings (SSSR count). The molecule has 0 bridgehead atoms. The number of hydrogen-bond donors (Lipinski definition) is 1. The van der Waals surface area contributed by atoms with Crippen molar-refractivity contribution in [2.24, 2.45) is 0 Å². The van der Waals surface area contributed by atoms with Gasteiger partial charge in [-0.1, -0.05) is 6.92 Å². The average molecular weight is 286 g/mol. The Morgan fingerprint density at radius 2 is 1.95 bits per heavy atom. The van der Waals surface area contributed by atoms with Crippen LogP contribution in [0.15, 0.2) is 0 Å². The molecule has 1 aliphatic carbocycles. The molecule has 1 saturated carbocycles. The highest BCUT2D eigenvalue weighted by molar-refractivity contribution is 5.77. The third-order valence-electron chi connectivity index (χ3n) is 3.98. The van der Waals surface area contributed by atoms with Crippen LogP contribution < -0.4 is 5.32 Å². The monoisotopic (exact) mass is 286 g/mol. The lowest BCUT2D eigenvalue weighted by Gasteiger charge is -2.35. The van der Waals surface area contributed by atoms with Gasteiger partial charge in [0.25, 0.3) is 0 Å². The summed E-state index contributed by atoms with van der Waals surface area (Å²) in [4.78, 5) is 13.9. The number of likely N-dealkylation sites (N-methyl/N-ethyl adjacent to an activating group) is 1. The van der Waals surface area contributed by atoms with Gasteiger partial charge < -0.3 is 19.7 Å². The second-order valence-corrected chi connectivity index (χ2v) is 5.51. The van der Waals surface area contributed by atoms with Gasteiger partial charge in [0.1, 0.15) is 6.61 Å². The molecule has 1 aliphatic rings. The molecule has 0 aromatic rings. The molecule has 1 N–H and O–H groups in total. The quantitative estimate of drug-likeness (QED) is 0.651. The van der Waals surface area contributed by atoms with Gasteiger partial charge in [0.15, 0.2) is 0 Å². The van der Waals surface area contributed by atoms with Crippen LogP contribution in [0, 0.1) is 0 Å². The van der Waals surface area contributed by atoms with E-state index in [4.69, 9.17) is 9.47 Å². The number of methoxy groups -OCH3 is 1. The third-order valence-corrected chi connectivity index (χ3v) is 3.98. The van der Waals surface area contributed by atoms with Gasteiger partial charge in [0.05, 0.1) is 13.2 Å². The van der Waals surface area contributed by atoms with E-state index in [9.17, 15) is 4.79 Å². The largest absolute Gasteiger partial charge is 0.382 e. The maximum atomic E-state index is 12.0. The molecular formula is C15H30N2O3. The molecule has 1 fully saturated rings. The van der Waals surface area contributed by atoms with E-state index in [2.05, 4.69) is 12.2 Å². The summed E-state index contributed by atoms with van der Waals surface area (Å²) in [7, 11) is 3.52. The van der Waals surface area contributed by atoms with Crippen LogP contribution in [-0.4, -0.2) is 63.4 Å². The van der Waals surface area contributed by atoms with Gasteiger partial charge in [-0.05, 0) is 38.6 Å². The highest BCUT2D eigenvalue weighted by Gasteiger charge is 2.26. The number of hydrogen-bond acceptors (Lipinski definition) is 4. The fourth-order valence-electron chi connectivity index (χ4n) is 2.62. The van der Waals surface area contributed by atoms with Crippen LogP contribution in [0.25, 0.3) is 0 Å². The van der Waals surface area contributed by atoms with Crippen molar-refractivity contribution in [3.8, 4) is 0 Å². The van der Waals surface area contributed by atoms with Crippen LogP contribution in [-0.2, 0) is 14.3 Å². The van der Waals surface area contributed by atoms with Crippen molar-refractivity contribution >= 4 is 5.91 Å². The van der Waals surface area contributed by atoms with E-state index in [-0.39, 0.29) is 12.5 Å². The van der Waals surface area contributed by atoms with Crippen LogP contribution in [0.3, 0.4) is 0 Å². The van der Waals surface area contributed by atoms with E-state index >= 15 is 0 Å². The Kier molecular flexibility index (Phi) is 8.82. The second kappa shape index (κ2) is 10.1. The summed E-state index contributed by atoms with van der Waals surface area (Å²) >= 11 is 0. The molecule has 0 aliphatic heterocycles. The molecule has 118 valence electrons. The number of rotatable bonds is 9. The molecule has 0 radical (unpaired) electrons. The predicted molar refractivity (Wildman–Crippen MR) is 79.8 cm³/mol. The first kappa shape index (κ1) is 17.4. The zero-order valence-corrected chi connectivity index (χ0v) is 13.2. The highest BCUT2D eigenvalue weighted by Crippen LogP contribution is 2.22. The first-order valence-electron chi connectivity index (χ1n) is 7.74. The molecule has 20 heavy (non-hydrogen) atoms. The minimum absolute atomic E-state index is 0.0751. The summed E-state index contributed by atoms with van der Waals surface area (Å²) in [5.74, 6) is 0.0751. The number of nitrogens with one attached hydrogen (secondary N) is 1. The lowest BCUT2D eigenvalue weighted by molar-refractivity contribution is -0.138. The van der Waals surface area contributed by atoms with Crippen molar-refractivity contribution in [3.63, 3.8) is 0 Å². The van der Waals surface area contributed by atoms with E-state index in [1.165, 1.54) is 6.42 Å². The van der Waals surface area contributed by atoms with Gasteiger partial charge in [-0.25, -0.2) is 0 Å².